The molecule has 0 unspecified atom stereocenters. The number of methoxy groups -OCH3 is 2. The van der Waals surface area contributed by atoms with E-state index in [4.69, 9.17) is 13.9 Å². The zero-order valence-corrected chi connectivity index (χ0v) is 15.5. The summed E-state index contributed by atoms with van der Waals surface area (Å²) in [5.41, 5.74) is 1.12. The molecule has 0 aliphatic heterocycles. The maximum atomic E-state index is 12.9. The Balaban J connectivity index is 2.06. The Morgan fingerprint density at radius 3 is 2.38 bits per heavy atom. The predicted molar refractivity (Wildman–Crippen MR) is 96.6 cm³/mol. The van der Waals surface area contributed by atoms with Crippen LogP contribution in [0.15, 0.2) is 50.5 Å². The molecule has 3 aromatic rings. The lowest BCUT2D eigenvalue weighted by Gasteiger charge is -2.20. The Bertz CT molecular complexity index is 1130. The summed E-state index contributed by atoms with van der Waals surface area (Å²) in [5.74, 6) is 0.355. The summed E-state index contributed by atoms with van der Waals surface area (Å²) in [4.78, 5) is 11.6. The minimum Gasteiger partial charge on any atom is -0.493 e. The fraction of sp³-hybridized carbons (Fsp3) is 0.235. The number of fused-ring (bicyclic) bond motifs is 1. The molecule has 0 aliphatic carbocycles. The van der Waals surface area contributed by atoms with Gasteiger partial charge >= 0.3 is 5.76 Å². The summed E-state index contributed by atoms with van der Waals surface area (Å²) in [5, 5.41) is 0. The number of aryl methyl sites for hydroxylation is 1. The van der Waals surface area contributed by atoms with E-state index in [1.807, 2.05) is 0 Å². The lowest BCUT2D eigenvalue weighted by Crippen LogP contribution is -2.26. The zero-order valence-electron chi connectivity index (χ0n) is 14.7. The number of benzene rings is 2. The second-order valence-corrected chi connectivity index (χ2v) is 7.54. The Morgan fingerprint density at radius 1 is 1.04 bits per heavy atom. The average molecular weight is 378 g/mol. The van der Waals surface area contributed by atoms with Gasteiger partial charge in [-0.15, -0.1) is 0 Å². The van der Waals surface area contributed by atoms with Crippen LogP contribution in [-0.4, -0.2) is 34.3 Å². The average Bonchev–Trinajstić information content (AvgIpc) is 2.93. The van der Waals surface area contributed by atoms with E-state index < -0.39 is 15.8 Å². The quantitative estimate of drug-likeness (QED) is 0.674. The van der Waals surface area contributed by atoms with Gasteiger partial charge in [-0.2, -0.15) is 0 Å². The molecule has 0 N–H and O–H groups in total. The molecule has 8 nitrogen and oxygen atoms in total. The van der Waals surface area contributed by atoms with Gasteiger partial charge in [0.25, 0.3) is 10.0 Å². The van der Waals surface area contributed by atoms with Crippen LogP contribution in [0.3, 0.4) is 0 Å². The fourth-order valence-electron chi connectivity index (χ4n) is 2.59. The van der Waals surface area contributed by atoms with Gasteiger partial charge in [0.15, 0.2) is 17.1 Å². The van der Waals surface area contributed by atoms with Gasteiger partial charge in [-0.05, 0) is 24.3 Å². The molecule has 0 spiro atoms. The number of hydrogen-bond acceptors (Lipinski definition) is 6. The highest BCUT2D eigenvalue weighted by atomic mass is 32.2. The zero-order chi connectivity index (χ0) is 19.1. The van der Waals surface area contributed by atoms with Gasteiger partial charge in [0.1, 0.15) is 0 Å². The minimum atomic E-state index is -3.87. The van der Waals surface area contributed by atoms with Crippen LogP contribution in [0.2, 0.25) is 0 Å². The summed E-state index contributed by atoms with van der Waals surface area (Å²) < 4.78 is 43.8. The molecule has 0 amide bonds. The van der Waals surface area contributed by atoms with Crippen molar-refractivity contribution < 1.29 is 22.3 Å². The second-order valence-electron chi connectivity index (χ2n) is 5.57. The summed E-state index contributed by atoms with van der Waals surface area (Å²) in [6.07, 6.45) is 0. The molecule has 3 rings (SSSR count). The Labute approximate surface area is 150 Å². The standard InChI is InChI=1S/C17H18N2O6S/c1-18-13-7-6-12(10-15(13)25-17(18)20)26(21,22)19(2)11-5-8-14(23-3)16(9-11)24-4/h5-10H,1-4H3. The Morgan fingerprint density at radius 2 is 1.73 bits per heavy atom. The number of anilines is 1. The first-order valence-electron chi connectivity index (χ1n) is 7.60. The molecule has 0 fully saturated rings. The van der Waals surface area contributed by atoms with Crippen molar-refractivity contribution in [3.05, 3.63) is 46.9 Å². The molecule has 1 aromatic heterocycles. The van der Waals surface area contributed by atoms with Crippen LogP contribution in [0.25, 0.3) is 11.1 Å². The lowest BCUT2D eigenvalue weighted by atomic mass is 10.3. The third kappa shape index (κ3) is 2.80. The van der Waals surface area contributed by atoms with E-state index in [9.17, 15) is 13.2 Å². The third-order valence-electron chi connectivity index (χ3n) is 4.15. The van der Waals surface area contributed by atoms with Gasteiger partial charge in [-0.3, -0.25) is 8.87 Å². The second kappa shape index (κ2) is 6.41. The third-order valence-corrected chi connectivity index (χ3v) is 5.93. The summed E-state index contributed by atoms with van der Waals surface area (Å²) in [6.45, 7) is 0. The molecule has 2 aromatic carbocycles. The molecule has 1 heterocycles. The fourth-order valence-corrected chi connectivity index (χ4v) is 3.80. The molecule has 138 valence electrons. The van der Waals surface area contributed by atoms with Crippen LogP contribution >= 0.6 is 0 Å². The van der Waals surface area contributed by atoms with E-state index >= 15 is 0 Å². The maximum Gasteiger partial charge on any atom is 0.419 e. The summed E-state index contributed by atoms with van der Waals surface area (Å²) in [7, 11) is 2.09. The minimum absolute atomic E-state index is 0.0108. The van der Waals surface area contributed by atoms with Crippen LogP contribution in [0.5, 0.6) is 11.5 Å². The van der Waals surface area contributed by atoms with E-state index in [1.54, 1.807) is 25.2 Å². The van der Waals surface area contributed by atoms with Crippen LogP contribution in [0.1, 0.15) is 0 Å². The molecule has 0 atom stereocenters. The van der Waals surface area contributed by atoms with Crippen molar-refractivity contribution in [2.75, 3.05) is 25.6 Å². The van der Waals surface area contributed by atoms with Crippen molar-refractivity contribution in [3.63, 3.8) is 0 Å². The highest BCUT2D eigenvalue weighted by Crippen LogP contribution is 2.33. The topological polar surface area (TPSA) is 91.0 Å². The highest BCUT2D eigenvalue weighted by Gasteiger charge is 2.23. The van der Waals surface area contributed by atoms with E-state index in [2.05, 4.69) is 0 Å². The van der Waals surface area contributed by atoms with Crippen molar-refractivity contribution in [1.82, 2.24) is 4.57 Å². The number of aromatic nitrogens is 1. The van der Waals surface area contributed by atoms with Gasteiger partial charge < -0.3 is 13.9 Å². The summed E-state index contributed by atoms with van der Waals surface area (Å²) >= 11 is 0. The molecule has 0 bridgehead atoms. The van der Waals surface area contributed by atoms with Crippen LogP contribution < -0.4 is 19.5 Å². The molecule has 0 saturated carbocycles. The Kier molecular flexibility index (Phi) is 4.41. The number of nitrogens with zero attached hydrogens (tertiary/aromatic N) is 2. The largest absolute Gasteiger partial charge is 0.493 e. The lowest BCUT2D eigenvalue weighted by molar-refractivity contribution is 0.355. The number of hydrogen-bond donors (Lipinski definition) is 0. The van der Waals surface area contributed by atoms with Crippen molar-refractivity contribution >= 4 is 26.8 Å². The smallest absolute Gasteiger partial charge is 0.419 e. The normalized spacial score (nSPS) is 11.5. The van der Waals surface area contributed by atoms with E-state index in [-0.39, 0.29) is 10.5 Å². The van der Waals surface area contributed by atoms with Gasteiger partial charge in [0.2, 0.25) is 0 Å². The van der Waals surface area contributed by atoms with Crippen LogP contribution in [0, 0.1) is 0 Å². The maximum absolute atomic E-state index is 12.9. The van der Waals surface area contributed by atoms with Crippen LogP contribution in [0.4, 0.5) is 5.69 Å². The van der Waals surface area contributed by atoms with E-state index in [1.165, 1.54) is 44.0 Å². The first-order chi connectivity index (χ1) is 12.3. The van der Waals surface area contributed by atoms with Gasteiger partial charge in [-0.25, -0.2) is 13.2 Å². The van der Waals surface area contributed by atoms with Crippen LogP contribution in [-0.2, 0) is 17.1 Å². The number of ether oxygens (including phenoxy) is 2. The first-order valence-corrected chi connectivity index (χ1v) is 9.04. The van der Waals surface area contributed by atoms with Crippen molar-refractivity contribution in [3.8, 4) is 11.5 Å². The Hall–Kier alpha value is -2.94. The molecular weight excluding hydrogens is 360 g/mol. The van der Waals surface area contributed by atoms with Crippen molar-refractivity contribution in [2.45, 2.75) is 4.90 Å². The summed E-state index contributed by atoms with van der Waals surface area (Å²) in [6, 6.07) is 9.11. The van der Waals surface area contributed by atoms with E-state index in [0.717, 1.165) is 4.31 Å². The van der Waals surface area contributed by atoms with Gasteiger partial charge in [0.05, 0.1) is 30.3 Å². The molecule has 0 saturated heterocycles. The molecule has 0 radical (unpaired) electrons. The molecular formula is C17H18N2O6S. The number of rotatable bonds is 5. The molecule has 0 aliphatic rings. The van der Waals surface area contributed by atoms with Crippen molar-refractivity contribution in [2.24, 2.45) is 7.05 Å². The highest BCUT2D eigenvalue weighted by molar-refractivity contribution is 7.92. The molecule has 26 heavy (non-hydrogen) atoms. The SMILES string of the molecule is COc1ccc(N(C)S(=O)(=O)c2ccc3c(c2)oc(=O)n3C)cc1OC. The van der Waals surface area contributed by atoms with Gasteiger partial charge in [0, 0.05) is 26.2 Å². The first kappa shape index (κ1) is 17.9. The van der Waals surface area contributed by atoms with Crippen molar-refractivity contribution in [1.29, 1.82) is 0 Å². The number of oxazole rings is 1. The van der Waals surface area contributed by atoms with E-state index in [0.29, 0.717) is 22.7 Å². The number of sulfonamides is 1. The van der Waals surface area contributed by atoms with Gasteiger partial charge in [-0.1, -0.05) is 0 Å². The molecule has 9 heteroatoms. The predicted octanol–water partition coefficient (Wildman–Crippen LogP) is 1.97. The monoisotopic (exact) mass is 378 g/mol.